The van der Waals surface area contributed by atoms with Gasteiger partial charge in [-0.3, -0.25) is 0 Å². The molecule has 1 fully saturated rings. The lowest BCUT2D eigenvalue weighted by Gasteiger charge is -2.42. The van der Waals surface area contributed by atoms with Crippen LogP contribution in [0.15, 0.2) is 18.2 Å². The van der Waals surface area contributed by atoms with Crippen LogP contribution in [-0.2, 0) is 0 Å². The van der Waals surface area contributed by atoms with Crippen LogP contribution in [0.25, 0.3) is 0 Å². The maximum absolute atomic E-state index is 3.62. The average molecular weight is 260 g/mol. The molecule has 1 N–H and O–H groups in total. The van der Waals surface area contributed by atoms with Crippen molar-refractivity contribution < 1.29 is 0 Å². The Bertz CT molecular complexity index is 460. The van der Waals surface area contributed by atoms with Gasteiger partial charge in [-0.2, -0.15) is 0 Å². The molecule has 2 rings (SSSR count). The van der Waals surface area contributed by atoms with E-state index in [1.165, 1.54) is 16.8 Å². The van der Waals surface area contributed by atoms with Crippen LogP contribution in [0.4, 0.5) is 5.69 Å². The molecule has 2 heteroatoms. The van der Waals surface area contributed by atoms with E-state index in [-0.39, 0.29) is 5.54 Å². The normalized spacial score (nSPS) is 22.1. The molecule has 1 heterocycles. The Morgan fingerprint density at radius 2 is 1.74 bits per heavy atom. The van der Waals surface area contributed by atoms with Gasteiger partial charge in [0.1, 0.15) is 0 Å². The molecular formula is C17H28N2. The van der Waals surface area contributed by atoms with Crippen molar-refractivity contribution in [2.24, 2.45) is 5.41 Å². The first kappa shape index (κ1) is 14.4. The summed E-state index contributed by atoms with van der Waals surface area (Å²) in [5.74, 6) is 0. The SMILES string of the molecule is Cc1ccc(C)c(N2CC(C)(C)CNCC2(C)C)c1. The summed E-state index contributed by atoms with van der Waals surface area (Å²) in [5, 5.41) is 3.62. The zero-order valence-electron chi connectivity index (χ0n) is 13.3. The summed E-state index contributed by atoms with van der Waals surface area (Å²) in [4.78, 5) is 2.59. The van der Waals surface area contributed by atoms with Crippen molar-refractivity contribution in [1.29, 1.82) is 0 Å². The first-order valence-corrected chi connectivity index (χ1v) is 7.27. The van der Waals surface area contributed by atoms with E-state index >= 15 is 0 Å². The Morgan fingerprint density at radius 3 is 2.42 bits per heavy atom. The minimum atomic E-state index is 0.145. The number of nitrogens with one attached hydrogen (secondary N) is 1. The minimum Gasteiger partial charge on any atom is -0.364 e. The summed E-state index contributed by atoms with van der Waals surface area (Å²) in [6.45, 7) is 17.0. The third kappa shape index (κ3) is 3.11. The van der Waals surface area contributed by atoms with Crippen LogP contribution in [0.5, 0.6) is 0 Å². The van der Waals surface area contributed by atoms with Gasteiger partial charge in [0.05, 0.1) is 0 Å². The highest BCUT2D eigenvalue weighted by atomic mass is 15.2. The van der Waals surface area contributed by atoms with Crippen LogP contribution < -0.4 is 10.2 Å². The molecule has 1 aliphatic heterocycles. The van der Waals surface area contributed by atoms with Crippen molar-refractivity contribution >= 4 is 5.69 Å². The Kier molecular flexibility index (Phi) is 3.65. The van der Waals surface area contributed by atoms with Crippen LogP contribution in [-0.4, -0.2) is 25.2 Å². The molecule has 2 nitrogen and oxygen atoms in total. The number of hydrogen-bond acceptors (Lipinski definition) is 2. The highest BCUT2D eigenvalue weighted by molar-refractivity contribution is 5.57. The summed E-state index contributed by atoms with van der Waals surface area (Å²) in [6, 6.07) is 6.78. The fraction of sp³-hybridized carbons (Fsp3) is 0.647. The molecule has 0 aromatic heterocycles. The van der Waals surface area contributed by atoms with E-state index in [1.807, 2.05) is 0 Å². The molecule has 0 unspecified atom stereocenters. The van der Waals surface area contributed by atoms with Gasteiger partial charge >= 0.3 is 0 Å². The molecule has 0 saturated carbocycles. The number of nitrogens with zero attached hydrogens (tertiary/aromatic N) is 1. The van der Waals surface area contributed by atoms with E-state index in [9.17, 15) is 0 Å². The molecule has 0 atom stereocenters. The molecule has 1 saturated heterocycles. The van der Waals surface area contributed by atoms with E-state index in [1.54, 1.807) is 0 Å². The number of aryl methyl sites for hydroxylation is 2. The van der Waals surface area contributed by atoms with Gasteiger partial charge < -0.3 is 10.2 Å². The predicted octanol–water partition coefficient (Wildman–Crippen LogP) is 3.52. The van der Waals surface area contributed by atoms with Gasteiger partial charge in [0.25, 0.3) is 0 Å². The van der Waals surface area contributed by atoms with E-state index in [2.05, 4.69) is 70.0 Å². The first-order valence-electron chi connectivity index (χ1n) is 7.27. The molecule has 1 aliphatic rings. The van der Waals surface area contributed by atoms with Crippen LogP contribution >= 0.6 is 0 Å². The van der Waals surface area contributed by atoms with Crippen molar-refractivity contribution in [3.05, 3.63) is 29.3 Å². The van der Waals surface area contributed by atoms with Crippen molar-refractivity contribution in [3.8, 4) is 0 Å². The zero-order valence-corrected chi connectivity index (χ0v) is 13.3. The Balaban J connectivity index is 2.45. The zero-order chi connectivity index (χ0) is 14.3. The van der Waals surface area contributed by atoms with Gasteiger partial charge in [-0.15, -0.1) is 0 Å². The second-order valence-electron chi connectivity index (χ2n) is 7.46. The van der Waals surface area contributed by atoms with E-state index in [0.717, 1.165) is 19.6 Å². The van der Waals surface area contributed by atoms with E-state index in [4.69, 9.17) is 0 Å². The highest BCUT2D eigenvalue weighted by Crippen LogP contribution is 2.33. The second-order valence-corrected chi connectivity index (χ2v) is 7.46. The lowest BCUT2D eigenvalue weighted by Crippen LogP contribution is -2.50. The fourth-order valence-corrected chi connectivity index (χ4v) is 2.92. The third-order valence-corrected chi connectivity index (χ3v) is 4.13. The summed E-state index contributed by atoms with van der Waals surface area (Å²) in [5.41, 5.74) is 4.54. The summed E-state index contributed by atoms with van der Waals surface area (Å²) in [6.07, 6.45) is 0. The average Bonchev–Trinajstić information content (AvgIpc) is 2.38. The number of rotatable bonds is 1. The topological polar surface area (TPSA) is 15.3 Å². The Labute approximate surface area is 118 Å². The summed E-state index contributed by atoms with van der Waals surface area (Å²) in [7, 11) is 0. The van der Waals surface area contributed by atoms with Gasteiger partial charge in [-0.1, -0.05) is 26.0 Å². The highest BCUT2D eigenvalue weighted by Gasteiger charge is 2.35. The molecule has 1 aromatic rings. The molecule has 0 radical (unpaired) electrons. The quantitative estimate of drug-likeness (QED) is 0.831. The Hall–Kier alpha value is -1.02. The lowest BCUT2D eigenvalue weighted by molar-refractivity contribution is 0.365. The van der Waals surface area contributed by atoms with E-state index in [0.29, 0.717) is 5.41 Å². The molecule has 0 bridgehead atoms. The predicted molar refractivity (Wildman–Crippen MR) is 84.0 cm³/mol. The number of anilines is 1. The van der Waals surface area contributed by atoms with Crippen molar-refractivity contribution in [3.63, 3.8) is 0 Å². The molecular weight excluding hydrogens is 232 g/mol. The lowest BCUT2D eigenvalue weighted by atomic mass is 9.91. The van der Waals surface area contributed by atoms with Crippen LogP contribution in [0.2, 0.25) is 0 Å². The number of benzene rings is 1. The molecule has 1 aromatic carbocycles. The van der Waals surface area contributed by atoms with Crippen molar-refractivity contribution in [1.82, 2.24) is 5.32 Å². The standard InChI is InChI=1S/C17H28N2/c1-13-7-8-14(2)15(9-13)19-12-16(3,4)10-18-11-17(19,5)6/h7-9,18H,10-12H2,1-6H3. The van der Waals surface area contributed by atoms with Crippen molar-refractivity contribution in [2.75, 3.05) is 24.5 Å². The van der Waals surface area contributed by atoms with Gasteiger partial charge in [-0.25, -0.2) is 0 Å². The number of hydrogen-bond donors (Lipinski definition) is 1. The minimum absolute atomic E-state index is 0.145. The van der Waals surface area contributed by atoms with Crippen molar-refractivity contribution in [2.45, 2.75) is 47.1 Å². The van der Waals surface area contributed by atoms with E-state index < -0.39 is 0 Å². The summed E-state index contributed by atoms with van der Waals surface area (Å²) >= 11 is 0. The molecule has 0 spiro atoms. The smallest absolute Gasteiger partial charge is 0.0470 e. The van der Waals surface area contributed by atoms with Crippen LogP contribution in [0, 0.1) is 19.3 Å². The maximum atomic E-state index is 3.62. The Morgan fingerprint density at radius 1 is 1.05 bits per heavy atom. The monoisotopic (exact) mass is 260 g/mol. The molecule has 0 aliphatic carbocycles. The summed E-state index contributed by atoms with van der Waals surface area (Å²) < 4.78 is 0. The van der Waals surface area contributed by atoms with Crippen LogP contribution in [0.1, 0.15) is 38.8 Å². The molecule has 106 valence electrons. The molecule has 0 amide bonds. The fourth-order valence-electron chi connectivity index (χ4n) is 2.92. The maximum Gasteiger partial charge on any atom is 0.0470 e. The second kappa shape index (κ2) is 4.82. The largest absolute Gasteiger partial charge is 0.364 e. The van der Waals surface area contributed by atoms with Gasteiger partial charge in [0, 0.05) is 30.9 Å². The molecule has 19 heavy (non-hydrogen) atoms. The van der Waals surface area contributed by atoms with Gasteiger partial charge in [0.2, 0.25) is 0 Å². The van der Waals surface area contributed by atoms with Gasteiger partial charge in [0.15, 0.2) is 0 Å². The third-order valence-electron chi connectivity index (χ3n) is 4.13. The first-order chi connectivity index (χ1) is 8.71. The van der Waals surface area contributed by atoms with Crippen LogP contribution in [0.3, 0.4) is 0 Å². The van der Waals surface area contributed by atoms with Gasteiger partial charge in [-0.05, 0) is 50.3 Å².